The maximum Gasteiger partial charge on any atom is 0.224 e. The number of likely N-dealkylation sites (tertiary alicyclic amines) is 1. The normalized spacial score (nSPS) is 14.2. The fraction of sp³-hybridized carbons (Fsp3) is 0.391. The molecule has 0 saturated carbocycles. The van der Waals surface area contributed by atoms with Crippen LogP contribution in [0.2, 0.25) is 0 Å². The van der Waals surface area contributed by atoms with Crippen molar-refractivity contribution in [1.82, 2.24) is 4.90 Å². The summed E-state index contributed by atoms with van der Waals surface area (Å²) in [6.45, 7) is 3.52. The smallest absolute Gasteiger partial charge is 0.224 e. The Bertz CT molecular complexity index is 783. The van der Waals surface area contributed by atoms with E-state index >= 15 is 0 Å². The Labute approximate surface area is 166 Å². The van der Waals surface area contributed by atoms with E-state index in [0.29, 0.717) is 30.2 Å². The van der Waals surface area contributed by atoms with Crippen molar-refractivity contribution in [3.8, 4) is 11.5 Å². The van der Waals surface area contributed by atoms with Crippen LogP contribution in [0.15, 0.2) is 54.6 Å². The van der Waals surface area contributed by atoms with Crippen LogP contribution in [-0.4, -0.2) is 36.3 Å². The molecule has 0 atom stereocenters. The highest BCUT2D eigenvalue weighted by Crippen LogP contribution is 2.32. The van der Waals surface area contributed by atoms with Crippen molar-refractivity contribution >= 4 is 17.5 Å². The molecule has 5 nitrogen and oxygen atoms in total. The first-order valence-electron chi connectivity index (χ1n) is 10.0. The largest absolute Gasteiger partial charge is 0.455 e. The first kappa shape index (κ1) is 19.9. The first-order chi connectivity index (χ1) is 13.6. The van der Waals surface area contributed by atoms with Crippen molar-refractivity contribution < 1.29 is 14.3 Å². The third-order valence-electron chi connectivity index (χ3n) is 5.02. The molecule has 1 saturated heterocycles. The number of nitrogens with zero attached hydrogens (tertiary/aromatic N) is 2. The van der Waals surface area contributed by atoms with Crippen LogP contribution in [-0.2, 0) is 9.59 Å². The van der Waals surface area contributed by atoms with Gasteiger partial charge in [0.05, 0.1) is 5.69 Å². The number of hydrogen-bond acceptors (Lipinski definition) is 3. The molecule has 0 bridgehead atoms. The van der Waals surface area contributed by atoms with Gasteiger partial charge in [0.15, 0.2) is 5.75 Å². The van der Waals surface area contributed by atoms with E-state index in [1.807, 2.05) is 59.5 Å². The van der Waals surface area contributed by atoms with Gasteiger partial charge in [-0.15, -0.1) is 0 Å². The molecule has 1 heterocycles. The zero-order valence-corrected chi connectivity index (χ0v) is 16.5. The summed E-state index contributed by atoms with van der Waals surface area (Å²) >= 11 is 0. The molecule has 2 aromatic rings. The van der Waals surface area contributed by atoms with Crippen LogP contribution in [0.5, 0.6) is 11.5 Å². The van der Waals surface area contributed by atoms with E-state index in [0.717, 1.165) is 25.9 Å². The monoisotopic (exact) mass is 380 g/mol. The van der Waals surface area contributed by atoms with E-state index in [1.54, 1.807) is 4.90 Å². The number of amides is 2. The predicted octanol–water partition coefficient (Wildman–Crippen LogP) is 4.62. The van der Waals surface area contributed by atoms with Gasteiger partial charge in [-0.3, -0.25) is 9.59 Å². The van der Waals surface area contributed by atoms with Crippen LogP contribution in [0.4, 0.5) is 5.69 Å². The molecule has 0 N–H and O–H groups in total. The minimum absolute atomic E-state index is 0.104. The van der Waals surface area contributed by atoms with Crippen LogP contribution < -0.4 is 9.64 Å². The number of anilines is 1. The van der Waals surface area contributed by atoms with Crippen LogP contribution in [0.3, 0.4) is 0 Å². The standard InChI is InChI=1S/C23H28N2O3/c1-19(26)25(18-15-23(27)24-16-9-2-3-10-17-24)21-13-7-8-14-22(21)28-20-11-5-4-6-12-20/h4-8,11-14H,2-3,9-10,15-18H2,1H3. The Morgan fingerprint density at radius 1 is 0.929 bits per heavy atom. The Balaban J connectivity index is 1.71. The minimum atomic E-state index is -0.104. The van der Waals surface area contributed by atoms with Gasteiger partial charge < -0.3 is 14.5 Å². The van der Waals surface area contributed by atoms with Gasteiger partial charge >= 0.3 is 0 Å². The van der Waals surface area contributed by atoms with E-state index in [4.69, 9.17) is 4.74 Å². The molecule has 5 heteroatoms. The highest BCUT2D eigenvalue weighted by Gasteiger charge is 2.20. The first-order valence-corrected chi connectivity index (χ1v) is 10.0. The lowest BCUT2D eigenvalue weighted by Gasteiger charge is -2.26. The quantitative estimate of drug-likeness (QED) is 0.734. The maximum atomic E-state index is 12.6. The molecule has 1 aliphatic heterocycles. The summed E-state index contributed by atoms with van der Waals surface area (Å²) in [5, 5.41) is 0. The molecule has 2 aromatic carbocycles. The molecule has 2 amide bonds. The van der Waals surface area contributed by atoms with E-state index < -0.39 is 0 Å². The van der Waals surface area contributed by atoms with E-state index in [9.17, 15) is 9.59 Å². The number of carbonyl (C=O) groups is 2. The molecule has 0 spiro atoms. The fourth-order valence-corrected chi connectivity index (χ4v) is 3.52. The number of benzene rings is 2. The lowest BCUT2D eigenvalue weighted by Crippen LogP contribution is -2.37. The van der Waals surface area contributed by atoms with Gasteiger partial charge in [-0.1, -0.05) is 43.2 Å². The highest BCUT2D eigenvalue weighted by molar-refractivity contribution is 5.94. The number of rotatable bonds is 6. The molecule has 0 aromatic heterocycles. The third-order valence-corrected chi connectivity index (χ3v) is 5.02. The van der Waals surface area contributed by atoms with Gasteiger partial charge in [0.1, 0.15) is 5.75 Å². The molecule has 28 heavy (non-hydrogen) atoms. The Kier molecular flexibility index (Phi) is 7.06. The van der Waals surface area contributed by atoms with Gasteiger partial charge in [0.2, 0.25) is 11.8 Å². The lowest BCUT2D eigenvalue weighted by molar-refractivity contribution is -0.131. The van der Waals surface area contributed by atoms with Crippen molar-refractivity contribution in [2.24, 2.45) is 0 Å². The van der Waals surface area contributed by atoms with Gasteiger partial charge in [-0.05, 0) is 37.1 Å². The second kappa shape index (κ2) is 9.93. The molecule has 0 radical (unpaired) electrons. The molecule has 0 unspecified atom stereocenters. The predicted molar refractivity (Wildman–Crippen MR) is 111 cm³/mol. The number of para-hydroxylation sites is 3. The van der Waals surface area contributed by atoms with Crippen LogP contribution in [0.25, 0.3) is 0 Å². The molecule has 1 aliphatic rings. The summed E-state index contributed by atoms with van der Waals surface area (Å²) in [6, 6.07) is 16.9. The van der Waals surface area contributed by atoms with Crippen LogP contribution >= 0.6 is 0 Å². The van der Waals surface area contributed by atoms with Gasteiger partial charge in [-0.2, -0.15) is 0 Å². The average Bonchev–Trinajstić information content (AvgIpc) is 2.99. The van der Waals surface area contributed by atoms with E-state index in [-0.39, 0.29) is 11.8 Å². The van der Waals surface area contributed by atoms with E-state index in [1.165, 1.54) is 19.8 Å². The number of hydrogen-bond donors (Lipinski definition) is 0. The average molecular weight is 380 g/mol. The van der Waals surface area contributed by atoms with Gasteiger partial charge in [0.25, 0.3) is 0 Å². The summed E-state index contributed by atoms with van der Waals surface area (Å²) in [7, 11) is 0. The zero-order valence-electron chi connectivity index (χ0n) is 16.5. The lowest BCUT2D eigenvalue weighted by atomic mass is 10.2. The van der Waals surface area contributed by atoms with Crippen molar-refractivity contribution in [3.05, 3.63) is 54.6 Å². The second-order valence-corrected chi connectivity index (χ2v) is 7.10. The minimum Gasteiger partial charge on any atom is -0.455 e. The third kappa shape index (κ3) is 5.35. The Hall–Kier alpha value is -2.82. The molecule has 148 valence electrons. The summed E-state index contributed by atoms with van der Waals surface area (Å²) < 4.78 is 5.99. The van der Waals surface area contributed by atoms with Crippen molar-refractivity contribution in [3.63, 3.8) is 0 Å². The van der Waals surface area contributed by atoms with Crippen LogP contribution in [0.1, 0.15) is 39.0 Å². The van der Waals surface area contributed by atoms with Gasteiger partial charge in [0, 0.05) is 33.0 Å². The molecular formula is C23H28N2O3. The Morgan fingerprint density at radius 2 is 1.57 bits per heavy atom. The van der Waals surface area contributed by atoms with Crippen molar-refractivity contribution in [2.45, 2.75) is 39.0 Å². The second-order valence-electron chi connectivity index (χ2n) is 7.10. The number of ether oxygens (including phenoxy) is 1. The van der Waals surface area contributed by atoms with Crippen LogP contribution in [0, 0.1) is 0 Å². The van der Waals surface area contributed by atoms with Crippen molar-refractivity contribution in [1.29, 1.82) is 0 Å². The molecule has 0 aliphatic carbocycles. The number of carbonyl (C=O) groups excluding carboxylic acids is 2. The van der Waals surface area contributed by atoms with Crippen molar-refractivity contribution in [2.75, 3.05) is 24.5 Å². The maximum absolute atomic E-state index is 12.6. The summed E-state index contributed by atoms with van der Waals surface area (Å²) in [6.07, 6.45) is 4.83. The Morgan fingerprint density at radius 3 is 2.25 bits per heavy atom. The SMILES string of the molecule is CC(=O)N(CCC(=O)N1CCCCCC1)c1ccccc1Oc1ccccc1. The highest BCUT2D eigenvalue weighted by atomic mass is 16.5. The molecule has 1 fully saturated rings. The zero-order chi connectivity index (χ0) is 19.8. The topological polar surface area (TPSA) is 49.9 Å². The molecular weight excluding hydrogens is 352 g/mol. The summed E-state index contributed by atoms with van der Waals surface area (Å²) in [5.41, 5.74) is 0.683. The van der Waals surface area contributed by atoms with Gasteiger partial charge in [-0.25, -0.2) is 0 Å². The fourth-order valence-electron chi connectivity index (χ4n) is 3.52. The summed E-state index contributed by atoms with van der Waals surface area (Å²) in [4.78, 5) is 28.6. The van der Waals surface area contributed by atoms with E-state index in [2.05, 4.69) is 0 Å². The molecule has 3 rings (SSSR count). The summed E-state index contributed by atoms with van der Waals surface area (Å²) in [5.74, 6) is 1.33.